The molecule has 0 radical (unpaired) electrons. The molecule has 71 heavy (non-hydrogen) atoms. The van der Waals surface area contributed by atoms with Crippen molar-refractivity contribution in [2.75, 3.05) is 79.2 Å². The summed E-state index contributed by atoms with van der Waals surface area (Å²) in [4.78, 5) is 24.1. The maximum absolute atomic E-state index is 12.1. The number of amides is 2. The van der Waals surface area contributed by atoms with Gasteiger partial charge in [-0.15, -0.1) is 6.61 Å². The molecule has 0 saturated carbocycles. The minimum atomic E-state index is -1.49. The van der Waals surface area contributed by atoms with Gasteiger partial charge < -0.3 is 64.6 Å². The molecular weight excluding hydrogens is 909 g/mol. The van der Waals surface area contributed by atoms with Crippen LogP contribution in [0.2, 0.25) is 0 Å². The molecule has 0 aromatic rings. The monoisotopic (exact) mass is 1020 g/mol. The highest BCUT2D eigenvalue weighted by atomic mass is 16.7. The normalized spacial score (nSPS) is 18.9. The van der Waals surface area contributed by atoms with Gasteiger partial charge in [-0.05, 0) is 24.7 Å². The molecule has 15 heteroatoms. The van der Waals surface area contributed by atoms with E-state index in [1.807, 2.05) is 0 Å². The van der Waals surface area contributed by atoms with E-state index in [1.165, 1.54) is 173 Å². The number of rotatable bonds is 53. The molecule has 0 aromatic heterocycles. The molecule has 1 aliphatic rings. The summed E-state index contributed by atoms with van der Waals surface area (Å²) in [5.74, 6) is 1.69. The van der Waals surface area contributed by atoms with Gasteiger partial charge in [0.15, 0.2) is 6.29 Å². The van der Waals surface area contributed by atoms with Crippen molar-refractivity contribution >= 4 is 12.0 Å². The molecule has 0 aliphatic carbocycles. The molecule has 0 aromatic carbocycles. The Morgan fingerprint density at radius 3 is 1.51 bits per heavy atom. The Hall–Kier alpha value is -1.66. The first-order valence-corrected chi connectivity index (χ1v) is 29.2. The molecule has 2 amide bonds. The molecule has 7 atom stereocenters. The summed E-state index contributed by atoms with van der Waals surface area (Å²) in [5, 5.41) is 55.0. The first kappa shape index (κ1) is 67.4. The van der Waals surface area contributed by atoms with Crippen molar-refractivity contribution in [3.8, 4) is 0 Å². The Morgan fingerprint density at radius 2 is 0.958 bits per heavy atom. The van der Waals surface area contributed by atoms with Crippen LogP contribution in [-0.4, -0.2) is 142 Å². The van der Waals surface area contributed by atoms with Gasteiger partial charge in [0.25, 0.3) is 0 Å². The van der Waals surface area contributed by atoms with Crippen LogP contribution < -0.4 is 15.7 Å². The minimum Gasteiger partial charge on any atom is -0.854 e. The van der Waals surface area contributed by atoms with Gasteiger partial charge in [-0.25, -0.2) is 4.79 Å². The number of ether oxygens (including phenoxy) is 6. The molecule has 1 aliphatic heterocycles. The van der Waals surface area contributed by atoms with E-state index in [4.69, 9.17) is 28.4 Å². The summed E-state index contributed by atoms with van der Waals surface area (Å²) < 4.78 is 32.5. The third-order valence-electron chi connectivity index (χ3n) is 13.9. The first-order chi connectivity index (χ1) is 34.8. The zero-order valence-electron chi connectivity index (χ0n) is 45.3. The summed E-state index contributed by atoms with van der Waals surface area (Å²) in [7, 11) is 0. The van der Waals surface area contributed by atoms with Gasteiger partial charge in [0, 0.05) is 39.1 Å². The molecule has 6 N–H and O–H groups in total. The van der Waals surface area contributed by atoms with E-state index < -0.39 is 43.4 Å². The number of unbranched alkanes of at least 4 members (excludes halogenated alkanes) is 22. The minimum absolute atomic E-state index is 0.0525. The van der Waals surface area contributed by atoms with E-state index in [0.717, 1.165) is 37.7 Å². The third kappa shape index (κ3) is 39.4. The molecule has 1 saturated heterocycles. The number of nitrogens with one attached hydrogen (secondary N) is 2. The number of hydrogen-bond acceptors (Lipinski definition) is 13. The molecule has 5 unspecified atom stereocenters. The highest BCUT2D eigenvalue weighted by Crippen LogP contribution is 2.34. The number of alkyl carbamates (subject to hydrolysis) is 1. The van der Waals surface area contributed by atoms with Gasteiger partial charge in [-0.2, -0.15) is 0 Å². The zero-order valence-corrected chi connectivity index (χ0v) is 45.3. The molecular formula is C56H109N2O13-. The van der Waals surface area contributed by atoms with Crippen molar-refractivity contribution in [2.45, 2.75) is 256 Å². The summed E-state index contributed by atoms with van der Waals surface area (Å²) >= 11 is 0. The molecule has 422 valence electrons. The van der Waals surface area contributed by atoms with Gasteiger partial charge in [0.2, 0.25) is 5.91 Å². The van der Waals surface area contributed by atoms with E-state index >= 15 is 0 Å². The van der Waals surface area contributed by atoms with Gasteiger partial charge in [0.05, 0.1) is 46.2 Å². The molecule has 0 spiro atoms. The fourth-order valence-corrected chi connectivity index (χ4v) is 9.51. The Labute approximate surface area is 432 Å². The summed E-state index contributed by atoms with van der Waals surface area (Å²) in [5.41, 5.74) is 0. The number of aliphatic hydroxyl groups excluding tert-OH is 4. The fourth-order valence-electron chi connectivity index (χ4n) is 9.51. The van der Waals surface area contributed by atoms with E-state index in [0.29, 0.717) is 52.4 Å². The van der Waals surface area contributed by atoms with E-state index in [9.17, 15) is 35.1 Å². The lowest BCUT2D eigenvalue weighted by Gasteiger charge is -2.39. The lowest BCUT2D eigenvalue weighted by Crippen LogP contribution is -2.59. The van der Waals surface area contributed by atoms with Crippen LogP contribution in [0, 0.1) is 11.8 Å². The van der Waals surface area contributed by atoms with Crippen molar-refractivity contribution in [2.24, 2.45) is 11.8 Å². The Bertz CT molecular complexity index is 1160. The van der Waals surface area contributed by atoms with E-state index in [2.05, 4.69) is 24.5 Å². The third-order valence-corrected chi connectivity index (χ3v) is 13.9. The largest absolute Gasteiger partial charge is 0.854 e. The first-order valence-electron chi connectivity index (χ1n) is 29.2. The number of carbonyl (C=O) groups is 2. The standard InChI is InChI=1S/C56H109N2O13/c1-3-5-7-9-18-24-32-49(48(31-23-8-6-4-2)33-25-19-14-11-10-12-16-21-27-38-59)34-26-20-15-13-17-22-28-39-66-40-30-41-70-56(65)58-36-29-35-51(61)57-37-42-67-43-44-68-45-46-69-55-54(64)53(63)52(62)50(47-60)71-55/h48-50,52-55,60,62-64H,3-47H2,1-2H3,(H,57,61)(H,58,65)/q-1/t48?,49?,50?,52-,53?,54?,55+/m1/s1. The van der Waals surface area contributed by atoms with E-state index in [1.54, 1.807) is 0 Å². The second-order valence-electron chi connectivity index (χ2n) is 20.1. The molecule has 1 heterocycles. The molecule has 1 fully saturated rings. The van der Waals surface area contributed by atoms with Crippen LogP contribution in [0.4, 0.5) is 4.79 Å². The van der Waals surface area contributed by atoms with Crippen LogP contribution in [0.5, 0.6) is 0 Å². The lowest BCUT2D eigenvalue weighted by atomic mass is 9.78. The van der Waals surface area contributed by atoms with Crippen LogP contribution >= 0.6 is 0 Å². The second-order valence-corrected chi connectivity index (χ2v) is 20.1. The lowest BCUT2D eigenvalue weighted by molar-refractivity contribution is -0.368. The maximum Gasteiger partial charge on any atom is 0.407 e. The molecule has 1 rings (SSSR count). The fraction of sp³-hybridized carbons (Fsp3) is 0.964. The van der Waals surface area contributed by atoms with Crippen molar-refractivity contribution in [3.05, 3.63) is 0 Å². The maximum atomic E-state index is 12.1. The van der Waals surface area contributed by atoms with Gasteiger partial charge in [-0.1, -0.05) is 200 Å². The highest BCUT2D eigenvalue weighted by molar-refractivity contribution is 5.75. The summed E-state index contributed by atoms with van der Waals surface area (Å²) in [6, 6.07) is 0. The second kappa shape index (κ2) is 50.5. The highest BCUT2D eigenvalue weighted by Gasteiger charge is 2.44. The van der Waals surface area contributed by atoms with Crippen molar-refractivity contribution in [3.63, 3.8) is 0 Å². The summed E-state index contributed by atoms with van der Waals surface area (Å²) in [6.45, 7) is 7.58. The smallest absolute Gasteiger partial charge is 0.407 e. The Morgan fingerprint density at radius 1 is 0.493 bits per heavy atom. The van der Waals surface area contributed by atoms with Gasteiger partial charge in [0.1, 0.15) is 24.4 Å². The Balaban J connectivity index is 2.07. The summed E-state index contributed by atoms with van der Waals surface area (Å²) in [6.07, 6.45) is 34.3. The van der Waals surface area contributed by atoms with Gasteiger partial charge in [-0.3, -0.25) is 4.79 Å². The van der Waals surface area contributed by atoms with Gasteiger partial charge >= 0.3 is 6.09 Å². The predicted octanol–water partition coefficient (Wildman–Crippen LogP) is 9.20. The number of carbonyl (C=O) groups excluding carboxylic acids is 2. The number of aliphatic hydroxyl groups is 4. The molecule has 15 nitrogen and oxygen atoms in total. The van der Waals surface area contributed by atoms with Crippen molar-refractivity contribution in [1.82, 2.24) is 10.6 Å². The SMILES string of the molecule is CCCCCCCCC(CCCCCCCCCOCCCOC(=O)NCCCC(=O)NCCOCCOCCO[C@H]1OC(CO)[C@@H](O)C(O)C1O)C(CCCCCC)CCCCCCCCCCC[O-]. The van der Waals surface area contributed by atoms with Crippen molar-refractivity contribution in [1.29, 1.82) is 0 Å². The number of hydrogen-bond donors (Lipinski definition) is 6. The zero-order chi connectivity index (χ0) is 51.7. The average molecular weight is 1020 g/mol. The topological polar surface area (TPSA) is 218 Å². The molecule has 0 bridgehead atoms. The van der Waals surface area contributed by atoms with Crippen molar-refractivity contribution < 1.29 is 63.5 Å². The quantitative estimate of drug-likeness (QED) is 0.0314. The predicted molar refractivity (Wildman–Crippen MR) is 280 cm³/mol. The van der Waals surface area contributed by atoms with Crippen LogP contribution in [0.15, 0.2) is 0 Å². The Kier molecular flexibility index (Phi) is 47.9. The van der Waals surface area contributed by atoms with Crippen LogP contribution in [-0.2, 0) is 33.2 Å². The average Bonchev–Trinajstić information content (AvgIpc) is 3.37. The van der Waals surface area contributed by atoms with Crippen LogP contribution in [0.3, 0.4) is 0 Å². The van der Waals surface area contributed by atoms with E-state index in [-0.39, 0.29) is 38.8 Å². The van der Waals surface area contributed by atoms with Crippen LogP contribution in [0.1, 0.15) is 226 Å². The van der Waals surface area contributed by atoms with Crippen LogP contribution in [0.25, 0.3) is 0 Å².